The van der Waals surface area contributed by atoms with E-state index in [9.17, 15) is 14.9 Å². The molecule has 5 rings (SSSR count). The fourth-order valence-electron chi connectivity index (χ4n) is 3.75. The van der Waals surface area contributed by atoms with Crippen LogP contribution < -0.4 is 10.6 Å². The van der Waals surface area contributed by atoms with Gasteiger partial charge in [0.1, 0.15) is 5.82 Å². The van der Waals surface area contributed by atoms with E-state index in [-0.39, 0.29) is 11.6 Å². The first-order chi connectivity index (χ1) is 17.6. The topological polar surface area (TPSA) is 102 Å². The molecule has 0 aliphatic heterocycles. The van der Waals surface area contributed by atoms with Crippen LogP contribution in [0.2, 0.25) is 0 Å². The predicted octanol–water partition coefficient (Wildman–Crippen LogP) is 6.44. The molecular weight excluding hydrogens is 454 g/mol. The number of hydrogen-bond donors (Lipinski definition) is 2. The Labute approximate surface area is 207 Å². The number of non-ortho nitro benzene ring substituents is 1. The predicted molar refractivity (Wildman–Crippen MR) is 140 cm³/mol. The number of carbonyl (C=O) groups excluding carboxylic acids is 1. The second kappa shape index (κ2) is 9.94. The average Bonchev–Trinajstić information content (AvgIpc) is 3.34. The molecule has 5 aromatic rings. The quantitative estimate of drug-likeness (QED) is 0.208. The molecule has 0 atom stereocenters. The summed E-state index contributed by atoms with van der Waals surface area (Å²) in [5.41, 5.74) is 4.14. The molecule has 0 unspecified atom stereocenters. The molecule has 0 saturated carbocycles. The maximum Gasteiger partial charge on any atom is 0.269 e. The van der Waals surface area contributed by atoms with E-state index in [4.69, 9.17) is 5.10 Å². The van der Waals surface area contributed by atoms with Gasteiger partial charge < -0.3 is 10.6 Å². The van der Waals surface area contributed by atoms with Crippen LogP contribution in [0.5, 0.6) is 0 Å². The highest BCUT2D eigenvalue weighted by molar-refractivity contribution is 6.06. The summed E-state index contributed by atoms with van der Waals surface area (Å²) in [6.07, 6.45) is 0. The summed E-state index contributed by atoms with van der Waals surface area (Å²) in [6.45, 7) is 0. The molecule has 176 valence electrons. The van der Waals surface area contributed by atoms with Crippen molar-refractivity contribution < 1.29 is 9.72 Å². The van der Waals surface area contributed by atoms with Gasteiger partial charge >= 0.3 is 0 Å². The molecule has 0 fully saturated rings. The number of rotatable bonds is 7. The summed E-state index contributed by atoms with van der Waals surface area (Å²) in [6, 6.07) is 34.4. The number of nitro groups is 1. The van der Waals surface area contributed by atoms with Gasteiger partial charge in [-0.05, 0) is 36.4 Å². The zero-order valence-electron chi connectivity index (χ0n) is 19.0. The summed E-state index contributed by atoms with van der Waals surface area (Å²) in [7, 11) is 0. The highest BCUT2D eigenvalue weighted by Gasteiger charge is 2.15. The van der Waals surface area contributed by atoms with E-state index in [1.54, 1.807) is 6.07 Å². The van der Waals surface area contributed by atoms with Crippen LogP contribution in [0.25, 0.3) is 16.9 Å². The molecule has 0 bridgehead atoms. The Morgan fingerprint density at radius 3 is 2.06 bits per heavy atom. The Morgan fingerprint density at radius 2 is 1.39 bits per heavy atom. The molecule has 8 nitrogen and oxygen atoms in total. The third-order valence-corrected chi connectivity index (χ3v) is 5.56. The molecule has 4 aromatic carbocycles. The molecule has 0 aliphatic carbocycles. The second-order valence-corrected chi connectivity index (χ2v) is 7.96. The number of amides is 1. The number of benzene rings is 4. The minimum atomic E-state index is -0.500. The number of aromatic nitrogens is 2. The number of carbonyl (C=O) groups is 1. The van der Waals surface area contributed by atoms with E-state index >= 15 is 0 Å². The Kier molecular flexibility index (Phi) is 6.23. The van der Waals surface area contributed by atoms with Crippen molar-refractivity contribution >= 4 is 28.8 Å². The maximum absolute atomic E-state index is 12.9. The summed E-state index contributed by atoms with van der Waals surface area (Å²) in [5, 5.41) is 22.0. The van der Waals surface area contributed by atoms with Crippen molar-refractivity contribution in [1.82, 2.24) is 9.78 Å². The van der Waals surface area contributed by atoms with Gasteiger partial charge in [0, 0.05) is 29.3 Å². The summed E-state index contributed by atoms with van der Waals surface area (Å²) in [4.78, 5) is 23.3. The minimum Gasteiger partial charge on any atom is -0.338 e. The largest absolute Gasteiger partial charge is 0.338 e. The number of hydrogen-bond acceptors (Lipinski definition) is 5. The molecule has 0 saturated heterocycles. The van der Waals surface area contributed by atoms with Crippen molar-refractivity contribution in [3.63, 3.8) is 0 Å². The first-order valence-corrected chi connectivity index (χ1v) is 11.2. The number of para-hydroxylation sites is 3. The Bertz CT molecular complexity index is 1510. The van der Waals surface area contributed by atoms with Crippen LogP contribution in [0.1, 0.15) is 10.4 Å². The third-order valence-electron chi connectivity index (χ3n) is 5.56. The van der Waals surface area contributed by atoms with Crippen LogP contribution in [0.15, 0.2) is 115 Å². The fourth-order valence-corrected chi connectivity index (χ4v) is 3.75. The Hall–Kier alpha value is -5.24. The lowest BCUT2D eigenvalue weighted by Crippen LogP contribution is -2.13. The zero-order valence-corrected chi connectivity index (χ0v) is 19.0. The molecule has 0 aliphatic rings. The first-order valence-electron chi connectivity index (χ1n) is 11.2. The van der Waals surface area contributed by atoms with Gasteiger partial charge in [-0.3, -0.25) is 14.9 Å². The van der Waals surface area contributed by atoms with E-state index in [2.05, 4.69) is 10.6 Å². The first kappa shape index (κ1) is 22.5. The molecular formula is C28H21N5O3. The molecule has 1 heterocycles. The summed E-state index contributed by atoms with van der Waals surface area (Å²) >= 11 is 0. The van der Waals surface area contributed by atoms with E-state index < -0.39 is 4.92 Å². The molecule has 2 N–H and O–H groups in total. The van der Waals surface area contributed by atoms with Gasteiger partial charge in [-0.25, -0.2) is 4.68 Å². The van der Waals surface area contributed by atoms with Crippen LogP contribution in [-0.2, 0) is 0 Å². The lowest BCUT2D eigenvalue weighted by atomic mass is 10.1. The van der Waals surface area contributed by atoms with Gasteiger partial charge in [0.25, 0.3) is 11.6 Å². The normalized spacial score (nSPS) is 10.6. The summed E-state index contributed by atoms with van der Waals surface area (Å²) in [5.74, 6) is 0.345. The van der Waals surface area contributed by atoms with E-state index in [0.29, 0.717) is 16.9 Å². The van der Waals surface area contributed by atoms with Crippen molar-refractivity contribution in [3.8, 4) is 16.9 Å². The van der Waals surface area contributed by atoms with Crippen molar-refractivity contribution in [2.45, 2.75) is 0 Å². The highest BCUT2D eigenvalue weighted by Crippen LogP contribution is 2.30. The monoisotopic (exact) mass is 475 g/mol. The summed E-state index contributed by atoms with van der Waals surface area (Å²) < 4.78 is 1.82. The molecule has 0 spiro atoms. The average molecular weight is 476 g/mol. The zero-order chi connectivity index (χ0) is 24.9. The van der Waals surface area contributed by atoms with Crippen LogP contribution >= 0.6 is 0 Å². The second-order valence-electron chi connectivity index (χ2n) is 7.96. The van der Waals surface area contributed by atoms with Crippen molar-refractivity contribution in [1.29, 1.82) is 0 Å². The molecule has 0 radical (unpaired) electrons. The van der Waals surface area contributed by atoms with Crippen molar-refractivity contribution in [2.75, 3.05) is 10.6 Å². The highest BCUT2D eigenvalue weighted by atomic mass is 16.6. The van der Waals surface area contributed by atoms with E-state index in [1.165, 1.54) is 24.3 Å². The Morgan fingerprint density at radius 1 is 0.778 bits per heavy atom. The lowest BCUT2D eigenvalue weighted by molar-refractivity contribution is -0.384. The van der Waals surface area contributed by atoms with E-state index in [0.717, 1.165) is 22.8 Å². The smallest absolute Gasteiger partial charge is 0.269 e. The number of anilines is 3. The molecule has 8 heteroatoms. The van der Waals surface area contributed by atoms with Gasteiger partial charge in [0.2, 0.25) is 0 Å². The fraction of sp³-hybridized carbons (Fsp3) is 0. The molecule has 1 amide bonds. The number of nitrogens with zero attached hydrogens (tertiary/aromatic N) is 3. The van der Waals surface area contributed by atoms with Gasteiger partial charge in [-0.15, -0.1) is 0 Å². The number of nitrogens with one attached hydrogen (secondary N) is 2. The molecule has 1 aromatic heterocycles. The standard InChI is InChI=1S/C28H21N5O3/c34-28(21-15-17-23(18-16-21)33(35)36)30-25-14-8-7-13-24(25)29-27-19-26(20-9-3-1-4-10-20)31-32(27)22-11-5-2-6-12-22/h1-19,29H,(H,30,34). The van der Waals surface area contributed by atoms with Crippen LogP contribution in [-0.4, -0.2) is 20.6 Å². The van der Waals surface area contributed by atoms with Gasteiger partial charge in [0.05, 0.1) is 27.7 Å². The lowest BCUT2D eigenvalue weighted by Gasteiger charge is -2.14. The molecule has 36 heavy (non-hydrogen) atoms. The van der Waals surface area contributed by atoms with Crippen molar-refractivity contribution in [2.24, 2.45) is 0 Å². The van der Waals surface area contributed by atoms with Gasteiger partial charge in [-0.1, -0.05) is 60.7 Å². The number of nitro benzene ring substituents is 1. The van der Waals surface area contributed by atoms with Crippen molar-refractivity contribution in [3.05, 3.63) is 131 Å². The minimum absolute atomic E-state index is 0.0722. The van der Waals surface area contributed by atoms with Crippen LogP contribution in [0, 0.1) is 10.1 Å². The van der Waals surface area contributed by atoms with Crippen LogP contribution in [0.4, 0.5) is 22.9 Å². The SMILES string of the molecule is O=C(Nc1ccccc1Nc1cc(-c2ccccc2)nn1-c1ccccc1)c1ccc([N+](=O)[O-])cc1. The third kappa shape index (κ3) is 4.83. The maximum atomic E-state index is 12.9. The van der Waals surface area contributed by atoms with Crippen LogP contribution in [0.3, 0.4) is 0 Å². The van der Waals surface area contributed by atoms with Gasteiger partial charge in [0.15, 0.2) is 0 Å². The van der Waals surface area contributed by atoms with E-state index in [1.807, 2.05) is 89.6 Å². The Balaban J connectivity index is 1.46. The van der Waals surface area contributed by atoms with Gasteiger partial charge in [-0.2, -0.15) is 5.10 Å².